The molecule has 2 aromatic heterocycles. The van der Waals surface area contributed by atoms with Crippen LogP contribution in [0.4, 0.5) is 0 Å². The molecule has 6 nitrogen and oxygen atoms in total. The van der Waals surface area contributed by atoms with Crippen molar-refractivity contribution in [3.8, 4) is 0 Å². The first-order valence-electron chi connectivity index (χ1n) is 7.40. The number of benzene rings is 1. The van der Waals surface area contributed by atoms with Crippen LogP contribution in [0.1, 0.15) is 39.1 Å². The summed E-state index contributed by atoms with van der Waals surface area (Å²) in [4.78, 5) is 30.7. The minimum absolute atomic E-state index is 0.0613. The largest absolute Gasteiger partial charge is 0.274 e. The van der Waals surface area contributed by atoms with E-state index in [2.05, 4.69) is 15.2 Å². The van der Waals surface area contributed by atoms with Gasteiger partial charge in [0.25, 0.3) is 11.8 Å². The molecule has 3 aromatic rings. The molecule has 1 aromatic carbocycles. The van der Waals surface area contributed by atoms with Gasteiger partial charge in [-0.3, -0.25) is 19.6 Å². The lowest BCUT2D eigenvalue weighted by molar-refractivity contribution is 0.0647. The molecule has 23 heavy (non-hydrogen) atoms. The Balaban J connectivity index is 1.69. The molecule has 2 amide bonds. The molecule has 1 aliphatic rings. The van der Waals surface area contributed by atoms with Gasteiger partial charge in [0.15, 0.2) is 5.65 Å². The first kappa shape index (κ1) is 13.6. The number of nitrogens with zero attached hydrogens (tertiary/aromatic N) is 3. The second-order valence-corrected chi connectivity index (χ2v) is 5.71. The van der Waals surface area contributed by atoms with Crippen molar-refractivity contribution >= 4 is 22.8 Å². The average Bonchev–Trinajstić information content (AvgIpc) is 3.14. The predicted octanol–water partition coefficient (Wildman–Crippen LogP) is 2.36. The van der Waals surface area contributed by atoms with E-state index in [1.807, 2.05) is 37.3 Å². The highest BCUT2D eigenvalue weighted by Gasteiger charge is 2.38. The molecule has 0 radical (unpaired) electrons. The quantitative estimate of drug-likeness (QED) is 0.753. The van der Waals surface area contributed by atoms with Crippen LogP contribution in [-0.4, -0.2) is 38.4 Å². The van der Waals surface area contributed by atoms with Gasteiger partial charge in [-0.15, -0.1) is 0 Å². The number of pyridine rings is 1. The van der Waals surface area contributed by atoms with Crippen molar-refractivity contribution in [1.29, 1.82) is 0 Å². The summed E-state index contributed by atoms with van der Waals surface area (Å²) in [6.45, 7) is 2.35. The van der Waals surface area contributed by atoms with Crippen LogP contribution in [0.15, 0.2) is 42.7 Å². The van der Waals surface area contributed by atoms with Crippen molar-refractivity contribution in [2.75, 3.05) is 6.54 Å². The van der Waals surface area contributed by atoms with Gasteiger partial charge in [0.05, 0.1) is 22.7 Å². The van der Waals surface area contributed by atoms with Crippen LogP contribution >= 0.6 is 0 Å². The van der Waals surface area contributed by atoms with Crippen LogP contribution in [0.25, 0.3) is 11.0 Å². The number of carbonyl (C=O) groups excluding carboxylic acids is 2. The Morgan fingerprint density at radius 1 is 1.13 bits per heavy atom. The number of imide groups is 1. The number of aromatic amines is 1. The van der Waals surface area contributed by atoms with Gasteiger partial charge in [-0.05, 0) is 11.5 Å². The first-order valence-corrected chi connectivity index (χ1v) is 7.40. The standard InChI is InChI=1S/C17H14N4O2/c1-10(11-5-3-2-4-6-11)9-21-16(22)13-7-18-15-12(8-19-20-15)14(13)17(21)23/h2-8,10H,9H2,1H3,(H,18,19,20)/t10-/m1/s1. The van der Waals surface area contributed by atoms with Crippen molar-refractivity contribution < 1.29 is 9.59 Å². The molecule has 4 rings (SSSR count). The molecular formula is C17H14N4O2. The summed E-state index contributed by atoms with van der Waals surface area (Å²) in [5.74, 6) is -0.504. The van der Waals surface area contributed by atoms with Gasteiger partial charge < -0.3 is 0 Å². The minimum atomic E-state index is -0.289. The fourth-order valence-electron chi connectivity index (χ4n) is 2.99. The molecule has 1 N–H and O–H groups in total. The third-order valence-corrected chi connectivity index (χ3v) is 4.24. The van der Waals surface area contributed by atoms with Crippen LogP contribution in [0, 0.1) is 0 Å². The Kier molecular flexibility index (Phi) is 2.97. The number of nitrogens with one attached hydrogen (secondary N) is 1. The highest BCUT2D eigenvalue weighted by atomic mass is 16.2. The molecule has 114 valence electrons. The van der Waals surface area contributed by atoms with Crippen molar-refractivity contribution in [3.05, 3.63) is 59.4 Å². The second-order valence-electron chi connectivity index (χ2n) is 5.71. The van der Waals surface area contributed by atoms with E-state index in [-0.39, 0.29) is 17.7 Å². The molecule has 0 unspecified atom stereocenters. The van der Waals surface area contributed by atoms with Crippen LogP contribution in [-0.2, 0) is 0 Å². The highest BCUT2D eigenvalue weighted by Crippen LogP contribution is 2.29. The summed E-state index contributed by atoms with van der Waals surface area (Å²) in [5.41, 5.74) is 2.36. The van der Waals surface area contributed by atoms with Crippen LogP contribution in [0.5, 0.6) is 0 Å². The molecule has 1 aliphatic heterocycles. The predicted molar refractivity (Wildman–Crippen MR) is 84.1 cm³/mol. The van der Waals surface area contributed by atoms with Gasteiger partial charge in [0.2, 0.25) is 0 Å². The molecule has 0 saturated carbocycles. The van der Waals surface area contributed by atoms with E-state index in [1.165, 1.54) is 17.3 Å². The summed E-state index contributed by atoms with van der Waals surface area (Å²) < 4.78 is 0. The van der Waals surface area contributed by atoms with E-state index in [4.69, 9.17) is 0 Å². The van der Waals surface area contributed by atoms with Gasteiger partial charge in [-0.2, -0.15) is 5.10 Å². The van der Waals surface area contributed by atoms with E-state index in [0.717, 1.165) is 5.56 Å². The van der Waals surface area contributed by atoms with Crippen molar-refractivity contribution in [2.24, 2.45) is 0 Å². The zero-order valence-electron chi connectivity index (χ0n) is 12.5. The fraction of sp³-hybridized carbons (Fsp3) is 0.176. The van der Waals surface area contributed by atoms with Gasteiger partial charge >= 0.3 is 0 Å². The third-order valence-electron chi connectivity index (χ3n) is 4.24. The highest BCUT2D eigenvalue weighted by molar-refractivity contribution is 6.25. The zero-order valence-corrected chi connectivity index (χ0v) is 12.5. The van der Waals surface area contributed by atoms with E-state index < -0.39 is 0 Å². The number of amides is 2. The lowest BCUT2D eigenvalue weighted by atomic mass is 10.0. The molecule has 3 heterocycles. The maximum absolute atomic E-state index is 12.7. The molecule has 0 spiro atoms. The summed E-state index contributed by atoms with van der Waals surface area (Å²) >= 11 is 0. The first-order chi connectivity index (χ1) is 11.2. The summed E-state index contributed by atoms with van der Waals surface area (Å²) in [6.07, 6.45) is 2.99. The van der Waals surface area contributed by atoms with Crippen LogP contribution < -0.4 is 0 Å². The van der Waals surface area contributed by atoms with E-state index in [9.17, 15) is 9.59 Å². The number of fused-ring (bicyclic) bond motifs is 3. The van der Waals surface area contributed by atoms with E-state index in [1.54, 1.807) is 0 Å². The van der Waals surface area contributed by atoms with Gasteiger partial charge in [0.1, 0.15) is 0 Å². The lowest BCUT2D eigenvalue weighted by Crippen LogP contribution is -2.33. The number of H-pyrrole nitrogens is 1. The summed E-state index contributed by atoms with van der Waals surface area (Å²) in [5, 5.41) is 7.22. The SMILES string of the molecule is C[C@H](CN1C(=O)c2cnc3[nH]ncc3c2C1=O)c1ccccc1. The second kappa shape index (κ2) is 5.01. The fourth-order valence-corrected chi connectivity index (χ4v) is 2.99. The Morgan fingerprint density at radius 3 is 2.70 bits per heavy atom. The summed E-state index contributed by atoms with van der Waals surface area (Å²) in [7, 11) is 0. The number of aromatic nitrogens is 3. The maximum Gasteiger partial charge on any atom is 0.263 e. The Morgan fingerprint density at radius 2 is 1.91 bits per heavy atom. The zero-order chi connectivity index (χ0) is 16.0. The topological polar surface area (TPSA) is 79.0 Å². The Bertz CT molecular complexity index is 917. The molecule has 0 saturated heterocycles. The monoisotopic (exact) mass is 306 g/mol. The van der Waals surface area contributed by atoms with Gasteiger partial charge in [-0.25, -0.2) is 4.98 Å². The molecule has 1 atom stereocenters. The number of hydrogen-bond acceptors (Lipinski definition) is 4. The Hall–Kier alpha value is -3.02. The maximum atomic E-state index is 12.7. The molecule has 6 heteroatoms. The smallest absolute Gasteiger partial charge is 0.263 e. The average molecular weight is 306 g/mol. The Labute approximate surface area is 132 Å². The van der Waals surface area contributed by atoms with E-state index in [0.29, 0.717) is 28.7 Å². The summed E-state index contributed by atoms with van der Waals surface area (Å²) in [6, 6.07) is 9.84. The van der Waals surface area contributed by atoms with Crippen LogP contribution in [0.2, 0.25) is 0 Å². The van der Waals surface area contributed by atoms with Crippen molar-refractivity contribution in [1.82, 2.24) is 20.1 Å². The molecule has 0 fully saturated rings. The van der Waals surface area contributed by atoms with Crippen LogP contribution in [0.3, 0.4) is 0 Å². The number of hydrogen-bond donors (Lipinski definition) is 1. The normalized spacial score (nSPS) is 15.3. The van der Waals surface area contributed by atoms with Gasteiger partial charge in [0, 0.05) is 12.7 Å². The molecule has 0 bridgehead atoms. The number of carbonyl (C=O) groups is 2. The number of rotatable bonds is 3. The van der Waals surface area contributed by atoms with E-state index >= 15 is 0 Å². The molecular weight excluding hydrogens is 292 g/mol. The third kappa shape index (κ3) is 2.03. The lowest BCUT2D eigenvalue weighted by Gasteiger charge is -2.19. The molecule has 0 aliphatic carbocycles. The van der Waals surface area contributed by atoms with Crippen molar-refractivity contribution in [2.45, 2.75) is 12.8 Å². The van der Waals surface area contributed by atoms with Gasteiger partial charge in [-0.1, -0.05) is 37.3 Å². The van der Waals surface area contributed by atoms with Crippen molar-refractivity contribution in [3.63, 3.8) is 0 Å². The minimum Gasteiger partial charge on any atom is -0.274 e.